The number of carbonyl (C=O) groups excluding carboxylic acids is 1. The van der Waals surface area contributed by atoms with Gasteiger partial charge in [0.15, 0.2) is 0 Å². The summed E-state index contributed by atoms with van der Waals surface area (Å²) in [6.45, 7) is 5.05. The number of likely N-dealkylation sites (tertiary alicyclic amines) is 1. The number of carbonyl (C=O) groups is 1. The van der Waals surface area contributed by atoms with Gasteiger partial charge in [-0.15, -0.1) is 11.3 Å². The lowest BCUT2D eigenvalue weighted by molar-refractivity contribution is 0.179. The Morgan fingerprint density at radius 2 is 2.23 bits per heavy atom. The topological polar surface area (TPSA) is 63.1 Å². The number of fused-ring (bicyclic) bond motifs is 1. The van der Waals surface area contributed by atoms with Gasteiger partial charge in [0.05, 0.1) is 16.9 Å². The monoisotopic (exact) mass is 373 g/mol. The van der Waals surface area contributed by atoms with Crippen molar-refractivity contribution in [3.63, 3.8) is 0 Å². The highest BCUT2D eigenvalue weighted by molar-refractivity contribution is 7.11. The van der Waals surface area contributed by atoms with Crippen molar-refractivity contribution >= 4 is 17.4 Å². The molecule has 1 atom stereocenters. The van der Waals surface area contributed by atoms with Gasteiger partial charge in [0.2, 0.25) is 0 Å². The zero-order valence-corrected chi connectivity index (χ0v) is 16.2. The van der Waals surface area contributed by atoms with Crippen LogP contribution in [0.25, 0.3) is 0 Å². The van der Waals surface area contributed by atoms with Crippen LogP contribution in [0.4, 0.5) is 4.79 Å². The Labute approximate surface area is 158 Å². The van der Waals surface area contributed by atoms with Crippen LogP contribution in [0.2, 0.25) is 0 Å². The highest BCUT2D eigenvalue weighted by Gasteiger charge is 2.28. The predicted molar refractivity (Wildman–Crippen MR) is 102 cm³/mol. The van der Waals surface area contributed by atoms with E-state index in [4.69, 9.17) is 4.98 Å². The zero-order chi connectivity index (χ0) is 17.9. The van der Waals surface area contributed by atoms with E-state index >= 15 is 0 Å². The van der Waals surface area contributed by atoms with Gasteiger partial charge in [0, 0.05) is 48.7 Å². The first-order valence-electron chi connectivity index (χ1n) is 9.75. The fourth-order valence-electron chi connectivity index (χ4n) is 3.87. The van der Waals surface area contributed by atoms with Crippen LogP contribution in [-0.2, 0) is 25.9 Å². The van der Waals surface area contributed by atoms with Crippen LogP contribution in [0.5, 0.6) is 0 Å². The van der Waals surface area contributed by atoms with Crippen molar-refractivity contribution in [1.29, 1.82) is 0 Å². The molecule has 0 bridgehead atoms. The second-order valence-electron chi connectivity index (χ2n) is 7.28. The van der Waals surface area contributed by atoms with Gasteiger partial charge < -0.3 is 10.2 Å². The third-order valence-corrected chi connectivity index (χ3v) is 6.69. The van der Waals surface area contributed by atoms with Crippen LogP contribution in [0.3, 0.4) is 0 Å². The van der Waals surface area contributed by atoms with Gasteiger partial charge >= 0.3 is 6.03 Å². The highest BCUT2D eigenvalue weighted by atomic mass is 32.1. The summed E-state index contributed by atoms with van der Waals surface area (Å²) in [6.07, 6.45) is 10.9. The first-order valence-corrected chi connectivity index (χ1v) is 10.6. The molecule has 7 heteroatoms. The molecule has 4 rings (SSSR count). The Bertz CT molecular complexity index is 744. The number of hydrogen-bond donors (Lipinski definition) is 1. The molecule has 0 spiro atoms. The summed E-state index contributed by atoms with van der Waals surface area (Å²) < 4.78 is 1.88. The standard InChI is InChI=1S/C19H27N5OS/c1-2-24-12-14(11-21-24)10-20-19(25)23-9-5-6-15(13-23)18-22-16-7-3-4-8-17(16)26-18/h11-12,15H,2-10,13H2,1H3,(H,20,25). The molecule has 3 heterocycles. The summed E-state index contributed by atoms with van der Waals surface area (Å²) in [4.78, 5) is 21.0. The van der Waals surface area contributed by atoms with Crippen molar-refractivity contribution in [3.05, 3.63) is 33.5 Å². The van der Waals surface area contributed by atoms with Gasteiger partial charge in [-0.05, 0) is 45.4 Å². The third kappa shape index (κ3) is 3.77. The second kappa shape index (κ2) is 7.78. The minimum atomic E-state index is 0.0280. The summed E-state index contributed by atoms with van der Waals surface area (Å²) in [7, 11) is 0. The van der Waals surface area contributed by atoms with E-state index in [-0.39, 0.29) is 6.03 Å². The number of piperidine rings is 1. The number of rotatable bonds is 4. The van der Waals surface area contributed by atoms with E-state index in [0.29, 0.717) is 12.5 Å². The fourth-order valence-corrected chi connectivity index (χ4v) is 5.15. The minimum absolute atomic E-state index is 0.0280. The van der Waals surface area contributed by atoms with Gasteiger partial charge in [0.25, 0.3) is 0 Å². The summed E-state index contributed by atoms with van der Waals surface area (Å²) >= 11 is 1.89. The molecule has 2 aromatic rings. The molecule has 0 saturated carbocycles. The normalized spacial score (nSPS) is 20.0. The molecule has 140 valence electrons. The van der Waals surface area contributed by atoms with Gasteiger partial charge in [0.1, 0.15) is 0 Å². The molecule has 0 aromatic carbocycles. The average molecular weight is 374 g/mol. The van der Waals surface area contributed by atoms with Crippen LogP contribution in [0.15, 0.2) is 12.4 Å². The molecule has 2 aromatic heterocycles. The van der Waals surface area contributed by atoms with Crippen LogP contribution in [0.1, 0.15) is 59.7 Å². The Morgan fingerprint density at radius 3 is 3.04 bits per heavy atom. The van der Waals surface area contributed by atoms with Crippen molar-refractivity contribution in [2.75, 3.05) is 13.1 Å². The zero-order valence-electron chi connectivity index (χ0n) is 15.4. The lowest BCUT2D eigenvalue weighted by Gasteiger charge is -2.31. The summed E-state index contributed by atoms with van der Waals surface area (Å²) in [5, 5.41) is 8.55. The average Bonchev–Trinajstić information content (AvgIpc) is 3.32. The molecule has 1 saturated heterocycles. The lowest BCUT2D eigenvalue weighted by atomic mass is 9.98. The van der Waals surface area contributed by atoms with Crippen LogP contribution in [0, 0.1) is 0 Å². The number of nitrogens with zero attached hydrogens (tertiary/aromatic N) is 4. The predicted octanol–water partition coefficient (Wildman–Crippen LogP) is 3.33. The van der Waals surface area contributed by atoms with Crippen LogP contribution >= 0.6 is 11.3 Å². The minimum Gasteiger partial charge on any atom is -0.334 e. The summed E-state index contributed by atoms with van der Waals surface area (Å²) in [6, 6.07) is 0.0280. The van der Waals surface area contributed by atoms with Crippen LogP contribution in [-0.4, -0.2) is 38.8 Å². The van der Waals surface area contributed by atoms with Crippen molar-refractivity contribution in [2.24, 2.45) is 0 Å². The van der Waals surface area contributed by atoms with Gasteiger partial charge in [-0.2, -0.15) is 5.10 Å². The molecule has 1 fully saturated rings. The second-order valence-corrected chi connectivity index (χ2v) is 8.39. The van der Waals surface area contributed by atoms with Crippen molar-refractivity contribution in [3.8, 4) is 0 Å². The maximum atomic E-state index is 12.6. The summed E-state index contributed by atoms with van der Waals surface area (Å²) in [5.41, 5.74) is 2.37. The fraction of sp³-hybridized carbons (Fsp3) is 0.632. The number of nitrogens with one attached hydrogen (secondary N) is 1. The first-order chi connectivity index (χ1) is 12.7. The number of hydrogen-bond acceptors (Lipinski definition) is 4. The van der Waals surface area contributed by atoms with E-state index in [9.17, 15) is 4.79 Å². The molecular formula is C19H27N5OS. The Balaban J connectivity index is 1.35. The van der Waals surface area contributed by atoms with Gasteiger partial charge in [-0.1, -0.05) is 0 Å². The van der Waals surface area contributed by atoms with E-state index < -0.39 is 0 Å². The molecular weight excluding hydrogens is 346 g/mol. The van der Waals surface area contributed by atoms with Gasteiger partial charge in [-0.3, -0.25) is 4.68 Å². The maximum absolute atomic E-state index is 12.6. The Kier molecular flexibility index (Phi) is 5.24. The van der Waals surface area contributed by atoms with E-state index in [0.717, 1.165) is 44.5 Å². The van der Waals surface area contributed by atoms with E-state index in [1.54, 1.807) is 0 Å². The quantitative estimate of drug-likeness (QED) is 0.894. The van der Waals surface area contributed by atoms with E-state index in [2.05, 4.69) is 17.3 Å². The Hall–Kier alpha value is -1.89. The Morgan fingerprint density at radius 1 is 1.35 bits per heavy atom. The highest BCUT2D eigenvalue weighted by Crippen LogP contribution is 2.34. The molecule has 26 heavy (non-hydrogen) atoms. The van der Waals surface area contributed by atoms with E-state index in [1.165, 1.54) is 34.8 Å². The van der Waals surface area contributed by atoms with Crippen molar-refractivity contribution < 1.29 is 4.79 Å². The number of aryl methyl sites for hydroxylation is 3. The van der Waals surface area contributed by atoms with Crippen molar-refractivity contribution in [2.45, 2.75) is 64.5 Å². The SMILES string of the molecule is CCn1cc(CNC(=O)N2CCCC(c3nc4c(s3)CCCC4)C2)cn1. The lowest BCUT2D eigenvalue weighted by Crippen LogP contribution is -2.44. The molecule has 1 aliphatic carbocycles. The molecule has 1 unspecified atom stereocenters. The molecule has 1 aliphatic heterocycles. The summed E-state index contributed by atoms with van der Waals surface area (Å²) in [5.74, 6) is 0.396. The molecule has 2 amide bonds. The maximum Gasteiger partial charge on any atom is 0.317 e. The number of amides is 2. The first kappa shape index (κ1) is 17.5. The smallest absolute Gasteiger partial charge is 0.317 e. The number of aromatic nitrogens is 3. The molecule has 2 aliphatic rings. The van der Waals surface area contributed by atoms with Crippen LogP contribution < -0.4 is 5.32 Å². The van der Waals surface area contributed by atoms with Gasteiger partial charge in [-0.25, -0.2) is 9.78 Å². The number of thiazole rings is 1. The molecule has 1 N–H and O–H groups in total. The third-order valence-electron chi connectivity index (χ3n) is 5.37. The number of urea groups is 1. The van der Waals surface area contributed by atoms with Crippen molar-refractivity contribution in [1.82, 2.24) is 25.0 Å². The van der Waals surface area contributed by atoms with E-state index in [1.807, 2.05) is 33.3 Å². The molecule has 0 radical (unpaired) electrons. The largest absolute Gasteiger partial charge is 0.334 e. The molecule has 6 nitrogen and oxygen atoms in total.